The van der Waals surface area contributed by atoms with Gasteiger partial charge in [0.05, 0.1) is 17.8 Å². The fourth-order valence-corrected chi connectivity index (χ4v) is 1.78. The van der Waals surface area contributed by atoms with Gasteiger partial charge in [0.25, 0.3) is 5.91 Å². The van der Waals surface area contributed by atoms with E-state index in [-0.39, 0.29) is 18.8 Å². The van der Waals surface area contributed by atoms with Crippen molar-refractivity contribution in [2.45, 2.75) is 0 Å². The number of benzene rings is 1. The van der Waals surface area contributed by atoms with Crippen LogP contribution in [0.25, 0.3) is 5.69 Å². The van der Waals surface area contributed by atoms with Crippen molar-refractivity contribution in [2.75, 3.05) is 18.8 Å². The molecule has 0 aliphatic rings. The van der Waals surface area contributed by atoms with Gasteiger partial charge in [-0.05, 0) is 24.3 Å². The van der Waals surface area contributed by atoms with E-state index in [0.717, 1.165) is 10.6 Å². The van der Waals surface area contributed by atoms with E-state index >= 15 is 0 Å². The maximum atomic E-state index is 12.2. The molecule has 0 radical (unpaired) electrons. The van der Waals surface area contributed by atoms with Crippen LogP contribution in [0.15, 0.2) is 36.5 Å². The van der Waals surface area contributed by atoms with Crippen LogP contribution in [0.5, 0.6) is 0 Å². The molecule has 1 aromatic heterocycles. The van der Waals surface area contributed by atoms with E-state index in [4.69, 9.17) is 16.3 Å². The van der Waals surface area contributed by atoms with Crippen LogP contribution in [0.1, 0.15) is 10.5 Å². The van der Waals surface area contributed by atoms with Gasteiger partial charge in [-0.3, -0.25) is 4.79 Å². The van der Waals surface area contributed by atoms with Crippen LogP contribution < -0.4 is 5.73 Å². The molecule has 2 aromatic rings. The SMILES string of the molecule is N#CCN(CC#N)C(=O)c1ccn(-c2cccc(N)c2)n1. The number of nitriles is 2. The molecule has 2 N–H and O–H groups in total. The molecule has 0 aliphatic heterocycles. The van der Waals surface area contributed by atoms with E-state index < -0.39 is 5.91 Å². The van der Waals surface area contributed by atoms with Crippen molar-refractivity contribution in [3.63, 3.8) is 0 Å². The van der Waals surface area contributed by atoms with Gasteiger partial charge in [0, 0.05) is 11.9 Å². The van der Waals surface area contributed by atoms with Crippen LogP contribution in [0.4, 0.5) is 5.69 Å². The van der Waals surface area contributed by atoms with Crippen molar-refractivity contribution >= 4 is 11.6 Å². The molecule has 0 unspecified atom stereocenters. The van der Waals surface area contributed by atoms with Crippen LogP contribution in [0, 0.1) is 22.7 Å². The van der Waals surface area contributed by atoms with Crippen LogP contribution in [-0.2, 0) is 0 Å². The molecular formula is C14H12N6O. The molecule has 2 rings (SSSR count). The normalized spacial score (nSPS) is 9.62. The Morgan fingerprint density at radius 3 is 2.62 bits per heavy atom. The number of hydrogen-bond donors (Lipinski definition) is 1. The van der Waals surface area contributed by atoms with Crippen molar-refractivity contribution < 1.29 is 4.79 Å². The van der Waals surface area contributed by atoms with E-state index in [2.05, 4.69) is 5.10 Å². The van der Waals surface area contributed by atoms with Gasteiger partial charge in [-0.15, -0.1) is 0 Å². The van der Waals surface area contributed by atoms with Gasteiger partial charge in [-0.1, -0.05) is 6.07 Å². The highest BCUT2D eigenvalue weighted by atomic mass is 16.2. The second kappa shape index (κ2) is 6.22. The Balaban J connectivity index is 2.25. The topological polar surface area (TPSA) is 112 Å². The standard InChI is InChI=1S/C14H12N6O/c15-5-8-19(9-6-16)14(21)13-4-7-20(18-13)12-3-1-2-11(17)10-12/h1-4,7,10H,8-9,17H2. The van der Waals surface area contributed by atoms with Crippen molar-refractivity contribution in [1.29, 1.82) is 10.5 Å². The monoisotopic (exact) mass is 280 g/mol. The van der Waals surface area contributed by atoms with Crippen molar-refractivity contribution in [3.05, 3.63) is 42.2 Å². The summed E-state index contributed by atoms with van der Waals surface area (Å²) in [6.07, 6.45) is 1.62. The van der Waals surface area contributed by atoms with Gasteiger partial charge in [-0.25, -0.2) is 4.68 Å². The molecule has 1 amide bonds. The van der Waals surface area contributed by atoms with Gasteiger partial charge in [-0.2, -0.15) is 15.6 Å². The first-order valence-electron chi connectivity index (χ1n) is 6.10. The second-order valence-electron chi connectivity index (χ2n) is 4.22. The van der Waals surface area contributed by atoms with E-state index in [1.165, 1.54) is 10.7 Å². The zero-order valence-corrected chi connectivity index (χ0v) is 11.1. The minimum Gasteiger partial charge on any atom is -0.399 e. The summed E-state index contributed by atoms with van der Waals surface area (Å²) in [6.45, 7) is -0.310. The fraction of sp³-hybridized carbons (Fsp3) is 0.143. The Morgan fingerprint density at radius 1 is 1.29 bits per heavy atom. The predicted molar refractivity (Wildman–Crippen MR) is 75.1 cm³/mol. The number of nitrogen functional groups attached to an aromatic ring is 1. The van der Waals surface area contributed by atoms with Crippen LogP contribution >= 0.6 is 0 Å². The minimum atomic E-state index is -0.458. The third-order valence-electron chi connectivity index (χ3n) is 2.75. The van der Waals surface area contributed by atoms with Crippen LogP contribution in [0.2, 0.25) is 0 Å². The Morgan fingerprint density at radius 2 is 2.00 bits per heavy atom. The first kappa shape index (κ1) is 14.1. The number of rotatable bonds is 4. The fourth-order valence-electron chi connectivity index (χ4n) is 1.78. The molecule has 0 atom stereocenters. The summed E-state index contributed by atoms with van der Waals surface area (Å²) < 4.78 is 1.51. The summed E-state index contributed by atoms with van der Waals surface area (Å²) in [6, 6.07) is 12.3. The van der Waals surface area contributed by atoms with Gasteiger partial charge in [0.1, 0.15) is 13.1 Å². The summed E-state index contributed by atoms with van der Waals surface area (Å²) in [4.78, 5) is 13.3. The van der Waals surface area contributed by atoms with E-state index in [9.17, 15) is 4.79 Å². The highest BCUT2D eigenvalue weighted by Crippen LogP contribution is 2.12. The number of anilines is 1. The predicted octanol–water partition coefficient (Wildman–Crippen LogP) is 0.944. The van der Waals surface area contributed by atoms with Gasteiger partial charge < -0.3 is 10.6 Å². The third kappa shape index (κ3) is 3.17. The maximum Gasteiger partial charge on any atom is 0.276 e. The summed E-state index contributed by atoms with van der Waals surface area (Å²) in [5.74, 6) is -0.458. The quantitative estimate of drug-likeness (QED) is 0.661. The summed E-state index contributed by atoms with van der Waals surface area (Å²) >= 11 is 0. The van der Waals surface area contributed by atoms with E-state index in [1.807, 2.05) is 12.1 Å². The molecule has 1 heterocycles. The number of carbonyl (C=O) groups excluding carboxylic acids is 1. The first-order valence-corrected chi connectivity index (χ1v) is 6.10. The molecular weight excluding hydrogens is 268 g/mol. The molecule has 21 heavy (non-hydrogen) atoms. The average Bonchev–Trinajstić information content (AvgIpc) is 2.96. The summed E-state index contributed by atoms with van der Waals surface area (Å²) in [7, 11) is 0. The van der Waals surface area contributed by atoms with Crippen molar-refractivity contribution in [1.82, 2.24) is 14.7 Å². The summed E-state index contributed by atoms with van der Waals surface area (Å²) in [5, 5.41) is 21.5. The molecule has 0 saturated carbocycles. The lowest BCUT2D eigenvalue weighted by Gasteiger charge is -2.13. The highest BCUT2D eigenvalue weighted by molar-refractivity contribution is 5.92. The average molecular weight is 280 g/mol. The number of carbonyl (C=O) groups is 1. The number of nitrogens with zero attached hydrogens (tertiary/aromatic N) is 5. The largest absolute Gasteiger partial charge is 0.399 e. The van der Waals surface area contributed by atoms with Crippen molar-refractivity contribution in [2.24, 2.45) is 0 Å². The second-order valence-corrected chi connectivity index (χ2v) is 4.22. The molecule has 0 fully saturated rings. The maximum absolute atomic E-state index is 12.2. The zero-order valence-electron chi connectivity index (χ0n) is 11.1. The van der Waals surface area contributed by atoms with Gasteiger partial charge in [0.2, 0.25) is 0 Å². The minimum absolute atomic E-state index is 0.155. The highest BCUT2D eigenvalue weighted by Gasteiger charge is 2.18. The lowest BCUT2D eigenvalue weighted by molar-refractivity contribution is 0.0788. The van der Waals surface area contributed by atoms with Crippen LogP contribution in [-0.4, -0.2) is 33.7 Å². The molecule has 0 spiro atoms. The van der Waals surface area contributed by atoms with Gasteiger partial charge >= 0.3 is 0 Å². The Hall–Kier alpha value is -3.32. The molecule has 0 aliphatic carbocycles. The number of hydrogen-bond acceptors (Lipinski definition) is 5. The molecule has 104 valence electrons. The third-order valence-corrected chi connectivity index (χ3v) is 2.75. The van der Waals surface area contributed by atoms with E-state index in [1.54, 1.807) is 30.5 Å². The van der Waals surface area contributed by atoms with Crippen LogP contribution in [0.3, 0.4) is 0 Å². The van der Waals surface area contributed by atoms with Crippen molar-refractivity contribution in [3.8, 4) is 17.8 Å². The molecule has 0 bridgehead atoms. The lowest BCUT2D eigenvalue weighted by atomic mass is 10.3. The lowest BCUT2D eigenvalue weighted by Crippen LogP contribution is -2.32. The molecule has 7 heteroatoms. The first-order chi connectivity index (χ1) is 10.2. The number of amides is 1. The summed E-state index contributed by atoms with van der Waals surface area (Å²) in [5.41, 5.74) is 7.18. The smallest absolute Gasteiger partial charge is 0.276 e. The number of nitrogens with two attached hydrogens (primary N) is 1. The Kier molecular flexibility index (Phi) is 4.17. The molecule has 7 nitrogen and oxygen atoms in total. The Labute approximate surface area is 121 Å². The molecule has 0 saturated heterocycles. The number of aromatic nitrogens is 2. The van der Waals surface area contributed by atoms with E-state index in [0.29, 0.717) is 5.69 Å². The molecule has 1 aromatic carbocycles. The Bertz CT molecular complexity index is 720. The van der Waals surface area contributed by atoms with Gasteiger partial charge in [0.15, 0.2) is 5.69 Å². The zero-order chi connectivity index (χ0) is 15.2.